The third-order valence-electron chi connectivity index (χ3n) is 3.93. The number of rotatable bonds is 3. The second-order valence-electron chi connectivity index (χ2n) is 5.69. The Kier molecular flexibility index (Phi) is 2.72. The largest absolute Gasteiger partial charge is 0.296 e. The molecular formula is C16H15N3OS. The molecule has 21 heavy (non-hydrogen) atoms. The first-order valence-corrected chi connectivity index (χ1v) is 7.91. The number of benzene rings is 1. The molecule has 0 bridgehead atoms. The summed E-state index contributed by atoms with van der Waals surface area (Å²) in [6, 6.07) is 6.19. The highest BCUT2D eigenvalue weighted by molar-refractivity contribution is 7.16. The average molecular weight is 297 g/mol. The van der Waals surface area contributed by atoms with Crippen LogP contribution in [0.3, 0.4) is 0 Å². The van der Waals surface area contributed by atoms with E-state index in [4.69, 9.17) is 0 Å². The molecule has 0 spiro atoms. The standard InChI is InChI=1S/C16H15N3OS/c1-9-3-6-12(10(2)7-9)14-13(8-20)19-16(17-14)21-15(18-19)11-4-5-11/h3,6-8,11H,4-5H2,1-2H3. The van der Waals surface area contributed by atoms with Crippen LogP contribution in [0.4, 0.5) is 0 Å². The van der Waals surface area contributed by atoms with Crippen molar-refractivity contribution >= 4 is 22.6 Å². The van der Waals surface area contributed by atoms with Gasteiger partial charge in [0, 0.05) is 11.5 Å². The fourth-order valence-electron chi connectivity index (χ4n) is 2.66. The molecule has 1 aliphatic rings. The topological polar surface area (TPSA) is 47.3 Å². The Morgan fingerprint density at radius 1 is 1.33 bits per heavy atom. The number of fused-ring (bicyclic) bond motifs is 1. The van der Waals surface area contributed by atoms with Crippen LogP contribution in [0.1, 0.15) is 45.4 Å². The molecule has 2 aromatic heterocycles. The molecule has 0 aliphatic heterocycles. The van der Waals surface area contributed by atoms with Gasteiger partial charge in [-0.05, 0) is 32.3 Å². The average Bonchev–Trinajstić information content (AvgIpc) is 3.13. The molecule has 106 valence electrons. The van der Waals surface area contributed by atoms with Gasteiger partial charge in [-0.25, -0.2) is 4.98 Å². The molecule has 0 atom stereocenters. The molecule has 4 rings (SSSR count). The zero-order chi connectivity index (χ0) is 14.6. The van der Waals surface area contributed by atoms with Crippen LogP contribution in [0.2, 0.25) is 0 Å². The van der Waals surface area contributed by atoms with Gasteiger partial charge in [0.1, 0.15) is 16.4 Å². The summed E-state index contributed by atoms with van der Waals surface area (Å²) >= 11 is 1.60. The van der Waals surface area contributed by atoms with E-state index in [-0.39, 0.29) is 0 Å². The molecule has 0 N–H and O–H groups in total. The highest BCUT2D eigenvalue weighted by Gasteiger charge is 2.29. The summed E-state index contributed by atoms with van der Waals surface area (Å²) in [5.74, 6) is 0.584. The predicted molar refractivity (Wildman–Crippen MR) is 83.1 cm³/mol. The Balaban J connectivity index is 1.91. The van der Waals surface area contributed by atoms with Gasteiger partial charge in [-0.15, -0.1) is 0 Å². The van der Waals surface area contributed by atoms with Gasteiger partial charge in [-0.2, -0.15) is 9.61 Å². The van der Waals surface area contributed by atoms with E-state index in [9.17, 15) is 4.79 Å². The van der Waals surface area contributed by atoms with Crippen LogP contribution in [-0.4, -0.2) is 20.9 Å². The first kappa shape index (κ1) is 12.7. The van der Waals surface area contributed by atoms with E-state index in [0.717, 1.165) is 33.1 Å². The van der Waals surface area contributed by atoms with Crippen molar-refractivity contribution in [3.05, 3.63) is 40.0 Å². The Morgan fingerprint density at radius 2 is 2.14 bits per heavy atom. The summed E-state index contributed by atoms with van der Waals surface area (Å²) < 4.78 is 1.71. The minimum absolute atomic E-state index is 0.556. The van der Waals surface area contributed by atoms with E-state index in [0.29, 0.717) is 11.6 Å². The maximum atomic E-state index is 11.6. The molecule has 0 unspecified atom stereocenters. The molecule has 1 fully saturated rings. The minimum Gasteiger partial charge on any atom is -0.296 e. The summed E-state index contributed by atoms with van der Waals surface area (Å²) in [7, 11) is 0. The van der Waals surface area contributed by atoms with E-state index >= 15 is 0 Å². The summed E-state index contributed by atoms with van der Waals surface area (Å²) in [5.41, 5.74) is 4.64. The zero-order valence-corrected chi connectivity index (χ0v) is 12.8. The number of nitrogens with zero attached hydrogens (tertiary/aromatic N) is 3. The van der Waals surface area contributed by atoms with Gasteiger partial charge in [0.15, 0.2) is 6.29 Å². The van der Waals surface area contributed by atoms with Crippen molar-refractivity contribution in [2.75, 3.05) is 0 Å². The van der Waals surface area contributed by atoms with Crippen molar-refractivity contribution in [3.8, 4) is 11.3 Å². The number of imidazole rings is 1. The number of hydrogen-bond acceptors (Lipinski definition) is 4. The van der Waals surface area contributed by atoms with Crippen molar-refractivity contribution in [2.45, 2.75) is 32.6 Å². The molecule has 1 aromatic carbocycles. The summed E-state index contributed by atoms with van der Waals surface area (Å²) in [6.45, 7) is 4.11. The summed E-state index contributed by atoms with van der Waals surface area (Å²) in [5, 5.41) is 5.68. The molecule has 3 aromatic rings. The number of carbonyl (C=O) groups excluding carboxylic acids is 1. The van der Waals surface area contributed by atoms with Crippen molar-refractivity contribution in [1.82, 2.24) is 14.6 Å². The fourth-order valence-corrected chi connectivity index (χ4v) is 3.73. The third kappa shape index (κ3) is 2.00. The lowest BCUT2D eigenvalue weighted by molar-refractivity contribution is 0.111. The highest BCUT2D eigenvalue weighted by atomic mass is 32.1. The van der Waals surface area contributed by atoms with Crippen LogP contribution in [0.15, 0.2) is 18.2 Å². The van der Waals surface area contributed by atoms with Crippen molar-refractivity contribution in [2.24, 2.45) is 0 Å². The summed E-state index contributed by atoms with van der Waals surface area (Å²) in [6.07, 6.45) is 3.28. The number of carbonyl (C=O) groups is 1. The SMILES string of the molecule is Cc1ccc(-c2nc3sc(C4CC4)nn3c2C=O)c(C)c1. The quantitative estimate of drug-likeness (QED) is 0.691. The molecule has 1 aliphatic carbocycles. The zero-order valence-electron chi connectivity index (χ0n) is 12.0. The number of hydrogen-bond donors (Lipinski definition) is 0. The molecule has 1 saturated carbocycles. The van der Waals surface area contributed by atoms with E-state index in [1.54, 1.807) is 15.9 Å². The van der Waals surface area contributed by atoms with Crippen molar-refractivity contribution in [3.63, 3.8) is 0 Å². The van der Waals surface area contributed by atoms with Crippen LogP contribution >= 0.6 is 11.3 Å². The van der Waals surface area contributed by atoms with Crippen molar-refractivity contribution < 1.29 is 4.79 Å². The van der Waals surface area contributed by atoms with Gasteiger partial charge < -0.3 is 0 Å². The van der Waals surface area contributed by atoms with Gasteiger partial charge in [0.05, 0.1) is 0 Å². The van der Waals surface area contributed by atoms with Gasteiger partial charge in [-0.3, -0.25) is 4.79 Å². The molecule has 5 heteroatoms. The van der Waals surface area contributed by atoms with Crippen LogP contribution < -0.4 is 0 Å². The van der Waals surface area contributed by atoms with E-state index < -0.39 is 0 Å². The Labute approximate surface area is 126 Å². The van der Waals surface area contributed by atoms with E-state index in [1.807, 2.05) is 19.1 Å². The van der Waals surface area contributed by atoms with Crippen LogP contribution in [-0.2, 0) is 0 Å². The minimum atomic E-state index is 0.556. The molecule has 0 saturated heterocycles. The van der Waals surface area contributed by atoms with Gasteiger partial charge >= 0.3 is 0 Å². The lowest BCUT2D eigenvalue weighted by Crippen LogP contribution is -1.96. The Morgan fingerprint density at radius 3 is 2.81 bits per heavy atom. The lowest BCUT2D eigenvalue weighted by Gasteiger charge is -2.04. The number of aldehydes is 1. The third-order valence-corrected chi connectivity index (χ3v) is 5.00. The second kappa shape index (κ2) is 4.49. The first-order chi connectivity index (χ1) is 10.2. The van der Waals surface area contributed by atoms with Crippen molar-refractivity contribution in [1.29, 1.82) is 0 Å². The fraction of sp³-hybridized carbons (Fsp3) is 0.312. The second-order valence-corrected chi connectivity index (χ2v) is 6.68. The highest BCUT2D eigenvalue weighted by Crippen LogP contribution is 2.42. The molecule has 2 heterocycles. The Bertz CT molecular complexity index is 858. The summed E-state index contributed by atoms with van der Waals surface area (Å²) in [4.78, 5) is 17.0. The Hall–Kier alpha value is -2.01. The predicted octanol–water partition coefficient (Wildman–Crippen LogP) is 3.76. The number of aryl methyl sites for hydroxylation is 2. The smallest absolute Gasteiger partial charge is 0.213 e. The molecule has 0 amide bonds. The van der Waals surface area contributed by atoms with Crippen LogP contribution in [0.25, 0.3) is 16.2 Å². The van der Waals surface area contributed by atoms with E-state index in [1.165, 1.54) is 18.4 Å². The van der Waals surface area contributed by atoms with Gasteiger partial charge in [0.2, 0.25) is 4.96 Å². The molecular weight excluding hydrogens is 282 g/mol. The first-order valence-electron chi connectivity index (χ1n) is 7.09. The molecule has 0 radical (unpaired) electrons. The molecule has 4 nitrogen and oxygen atoms in total. The monoisotopic (exact) mass is 297 g/mol. The lowest BCUT2D eigenvalue weighted by atomic mass is 10.0. The maximum absolute atomic E-state index is 11.6. The normalized spacial score (nSPS) is 14.8. The van der Waals surface area contributed by atoms with E-state index in [2.05, 4.69) is 23.1 Å². The number of aromatic nitrogens is 3. The maximum Gasteiger partial charge on any atom is 0.213 e. The van der Waals surface area contributed by atoms with Gasteiger partial charge in [0.25, 0.3) is 0 Å². The van der Waals surface area contributed by atoms with Crippen LogP contribution in [0, 0.1) is 13.8 Å². The van der Waals surface area contributed by atoms with Crippen LogP contribution in [0.5, 0.6) is 0 Å². The van der Waals surface area contributed by atoms with Gasteiger partial charge in [-0.1, -0.05) is 35.1 Å².